The average molecular weight is 408 g/mol. The van der Waals surface area contributed by atoms with Gasteiger partial charge < -0.3 is 39.7 Å². The van der Waals surface area contributed by atoms with Gasteiger partial charge in [0.2, 0.25) is 0 Å². The predicted molar refractivity (Wildman–Crippen MR) is 85.6 cm³/mol. The Labute approximate surface area is 156 Å². The first kappa shape index (κ1) is 21.0. The Morgan fingerprint density at radius 2 is 2.00 bits per heavy atom. The molecule has 0 bridgehead atoms. The lowest BCUT2D eigenvalue weighted by molar-refractivity contribution is -0.197. The number of halogens is 1. The van der Waals surface area contributed by atoms with Crippen LogP contribution in [-0.4, -0.2) is 90.5 Å². The highest BCUT2D eigenvalue weighted by atomic mass is 19.2. The molecule has 3 rings (SSSR count). The third-order valence-corrected chi connectivity index (χ3v) is 4.68. The second-order valence-electron chi connectivity index (χ2n) is 6.74. The van der Waals surface area contributed by atoms with Crippen LogP contribution in [0.4, 0.5) is 4.39 Å². The number of nitrogens with zero attached hydrogens (tertiary/aromatic N) is 1. The highest BCUT2D eigenvalue weighted by molar-refractivity contribution is 4.98. The van der Waals surface area contributed by atoms with Gasteiger partial charge in [-0.3, -0.25) is 14.3 Å². The number of ether oxygens (including phenoxy) is 3. The molecule has 158 valence electrons. The molecule has 1 aromatic heterocycles. The molecule has 6 N–H and O–H groups in total. The van der Waals surface area contributed by atoms with E-state index in [1.165, 1.54) is 6.92 Å². The molecule has 2 aliphatic heterocycles. The summed E-state index contributed by atoms with van der Waals surface area (Å²) in [6.07, 6.45) is -11.3. The van der Waals surface area contributed by atoms with Crippen LogP contribution in [0.3, 0.4) is 0 Å². The fourth-order valence-corrected chi connectivity index (χ4v) is 3.14. The van der Waals surface area contributed by atoms with Crippen LogP contribution < -0.4 is 11.2 Å². The van der Waals surface area contributed by atoms with Gasteiger partial charge in [0, 0.05) is 12.3 Å². The summed E-state index contributed by atoms with van der Waals surface area (Å²) in [5, 5.41) is 49.2. The maximum Gasteiger partial charge on any atom is 0.330 e. The summed E-state index contributed by atoms with van der Waals surface area (Å²) in [7, 11) is 0. The number of aliphatic hydroxyl groups excluding tert-OH is 4. The van der Waals surface area contributed by atoms with Crippen molar-refractivity contribution in [3.05, 3.63) is 33.1 Å². The van der Waals surface area contributed by atoms with E-state index < -0.39 is 72.9 Å². The zero-order valence-corrected chi connectivity index (χ0v) is 14.6. The van der Waals surface area contributed by atoms with Gasteiger partial charge in [-0.2, -0.15) is 0 Å². The van der Waals surface area contributed by atoms with Gasteiger partial charge in [0.1, 0.15) is 30.5 Å². The van der Waals surface area contributed by atoms with Crippen molar-refractivity contribution in [2.24, 2.45) is 0 Å². The van der Waals surface area contributed by atoms with Gasteiger partial charge in [-0.1, -0.05) is 0 Å². The number of rotatable bonds is 5. The van der Waals surface area contributed by atoms with Crippen molar-refractivity contribution in [2.45, 2.75) is 61.9 Å². The van der Waals surface area contributed by atoms with Crippen molar-refractivity contribution < 1.29 is 44.1 Å². The van der Waals surface area contributed by atoms with Gasteiger partial charge in [-0.25, -0.2) is 9.18 Å². The molecule has 0 spiro atoms. The number of hydrogen-bond acceptors (Lipinski definition) is 10. The maximum absolute atomic E-state index is 14.6. The summed E-state index contributed by atoms with van der Waals surface area (Å²) in [6.45, 7) is 0.742. The van der Waals surface area contributed by atoms with E-state index in [-0.39, 0.29) is 0 Å². The molecule has 2 aliphatic rings. The third kappa shape index (κ3) is 3.62. The number of aromatic amines is 1. The second-order valence-corrected chi connectivity index (χ2v) is 6.74. The molecular weight excluding hydrogens is 387 g/mol. The van der Waals surface area contributed by atoms with Crippen LogP contribution in [0.15, 0.2) is 21.9 Å². The zero-order chi connectivity index (χ0) is 20.8. The third-order valence-electron chi connectivity index (χ3n) is 4.68. The van der Waals surface area contributed by atoms with E-state index in [2.05, 4.69) is 0 Å². The minimum atomic E-state index is -3.40. The Hall–Kier alpha value is -1.71. The van der Waals surface area contributed by atoms with Crippen LogP contribution in [0.5, 0.6) is 0 Å². The molecule has 13 heteroatoms. The highest BCUT2D eigenvalue weighted by Crippen LogP contribution is 2.39. The Morgan fingerprint density at radius 1 is 1.32 bits per heavy atom. The smallest absolute Gasteiger partial charge is 0.330 e. The molecule has 28 heavy (non-hydrogen) atoms. The first-order valence-corrected chi connectivity index (χ1v) is 8.41. The Bertz CT molecular complexity index is 811. The molecule has 12 nitrogen and oxygen atoms in total. The van der Waals surface area contributed by atoms with E-state index in [4.69, 9.17) is 14.2 Å². The van der Waals surface area contributed by atoms with Crippen LogP contribution in [0.25, 0.3) is 0 Å². The Kier molecular flexibility index (Phi) is 5.71. The van der Waals surface area contributed by atoms with E-state index in [9.17, 15) is 39.5 Å². The molecule has 3 heterocycles. The van der Waals surface area contributed by atoms with Crippen molar-refractivity contribution in [3.63, 3.8) is 0 Å². The van der Waals surface area contributed by atoms with Crippen LogP contribution in [0.1, 0.15) is 13.2 Å². The van der Waals surface area contributed by atoms with Crippen molar-refractivity contribution in [2.75, 3.05) is 6.61 Å². The SMILES string of the molecule is CC(O)[C@@H]1O[C@H](OC[C@H]2O[C@@H](n3ccc(=O)[nH]c3=O)[C@@](O)(F)[C@@H]2O)[C@H](O)[C@H]1O. The predicted octanol–water partition coefficient (Wildman–Crippen LogP) is -3.70. The maximum atomic E-state index is 14.6. The minimum absolute atomic E-state index is 0.554. The number of nitrogens with one attached hydrogen (secondary N) is 1. The normalized spacial score (nSPS) is 42.0. The summed E-state index contributed by atoms with van der Waals surface area (Å²) in [5.41, 5.74) is -1.82. The van der Waals surface area contributed by atoms with Gasteiger partial charge in [0.05, 0.1) is 12.7 Å². The van der Waals surface area contributed by atoms with Gasteiger partial charge in [0.25, 0.3) is 11.4 Å². The van der Waals surface area contributed by atoms with Gasteiger partial charge in [0.15, 0.2) is 12.5 Å². The largest absolute Gasteiger partial charge is 0.391 e. The summed E-state index contributed by atoms with van der Waals surface area (Å²) < 4.78 is 30.7. The number of hydrogen-bond donors (Lipinski definition) is 6. The second kappa shape index (κ2) is 7.61. The van der Waals surface area contributed by atoms with Crippen molar-refractivity contribution in [1.29, 1.82) is 0 Å². The van der Waals surface area contributed by atoms with Gasteiger partial charge in [-0.05, 0) is 6.92 Å². The zero-order valence-electron chi connectivity index (χ0n) is 14.6. The van der Waals surface area contributed by atoms with Gasteiger partial charge in [-0.15, -0.1) is 0 Å². The van der Waals surface area contributed by atoms with Crippen LogP contribution >= 0.6 is 0 Å². The molecular formula is C15H21FN2O10. The summed E-state index contributed by atoms with van der Waals surface area (Å²) in [6, 6.07) is 0.900. The molecule has 0 aliphatic carbocycles. The molecule has 0 amide bonds. The van der Waals surface area contributed by atoms with E-state index >= 15 is 0 Å². The lowest BCUT2D eigenvalue weighted by Crippen LogP contribution is -2.46. The van der Waals surface area contributed by atoms with E-state index in [1.54, 1.807) is 0 Å². The lowest BCUT2D eigenvalue weighted by Gasteiger charge is -2.23. The van der Waals surface area contributed by atoms with Crippen molar-refractivity contribution >= 4 is 0 Å². The molecule has 0 radical (unpaired) electrons. The van der Waals surface area contributed by atoms with E-state index in [0.717, 1.165) is 12.3 Å². The topological polar surface area (TPSA) is 184 Å². The molecule has 1 aromatic rings. The number of alkyl halides is 1. The molecule has 0 saturated carbocycles. The number of aliphatic hydroxyl groups is 5. The first-order valence-electron chi connectivity index (χ1n) is 8.41. The molecule has 2 saturated heterocycles. The van der Waals surface area contributed by atoms with Crippen molar-refractivity contribution in [3.8, 4) is 0 Å². The quantitative estimate of drug-likeness (QED) is 0.283. The monoisotopic (exact) mass is 408 g/mol. The lowest BCUT2D eigenvalue weighted by atomic mass is 10.1. The number of aromatic nitrogens is 2. The summed E-state index contributed by atoms with van der Waals surface area (Å²) in [5.74, 6) is -3.40. The van der Waals surface area contributed by atoms with E-state index in [1.807, 2.05) is 4.98 Å². The fourth-order valence-electron chi connectivity index (χ4n) is 3.14. The molecule has 9 atom stereocenters. The van der Waals surface area contributed by atoms with E-state index in [0.29, 0.717) is 4.57 Å². The minimum Gasteiger partial charge on any atom is -0.391 e. The highest BCUT2D eigenvalue weighted by Gasteiger charge is 2.58. The molecule has 0 aromatic carbocycles. The Balaban J connectivity index is 1.71. The van der Waals surface area contributed by atoms with Crippen LogP contribution in [0, 0.1) is 0 Å². The van der Waals surface area contributed by atoms with Crippen LogP contribution in [-0.2, 0) is 14.2 Å². The van der Waals surface area contributed by atoms with Gasteiger partial charge >= 0.3 is 5.69 Å². The standard InChI is InChI=1S/C15H21FN2O10/c1-5(19)10-8(21)9(22)12(28-10)26-4-6-11(23)15(16,25)13(27-6)18-3-2-7(20)17-14(18)24/h2-3,5-6,8-13,19,21-23,25H,4H2,1H3,(H,17,20,24)/t5?,6-,8-,9-,10+,11-,12+,13-,15-/m1/s1. The van der Waals surface area contributed by atoms with Crippen molar-refractivity contribution in [1.82, 2.24) is 9.55 Å². The Morgan fingerprint density at radius 3 is 2.57 bits per heavy atom. The summed E-state index contributed by atoms with van der Waals surface area (Å²) >= 11 is 0. The first-order chi connectivity index (χ1) is 13.0. The summed E-state index contributed by atoms with van der Waals surface area (Å²) in [4.78, 5) is 24.8. The molecule has 2 fully saturated rings. The molecule has 1 unspecified atom stereocenters. The fraction of sp³-hybridized carbons (Fsp3) is 0.733. The van der Waals surface area contributed by atoms with Crippen LogP contribution in [0.2, 0.25) is 0 Å². The number of H-pyrrole nitrogens is 1. The average Bonchev–Trinajstić information content (AvgIpc) is 3.02.